The largest absolute Gasteiger partial charge is 0.446 e. The van der Waals surface area contributed by atoms with Gasteiger partial charge in [-0.3, -0.25) is 9.59 Å². The van der Waals surface area contributed by atoms with Gasteiger partial charge in [0.05, 0.1) is 6.54 Å². The highest BCUT2D eigenvalue weighted by Crippen LogP contribution is 2.14. The lowest BCUT2D eigenvalue weighted by molar-refractivity contribution is -0.134. The first-order chi connectivity index (χ1) is 13.4. The molecule has 1 heterocycles. The van der Waals surface area contributed by atoms with Gasteiger partial charge in [0.25, 0.3) is 5.91 Å². The number of oxazole rings is 1. The Balaban J connectivity index is 2.01. The van der Waals surface area contributed by atoms with E-state index < -0.39 is 0 Å². The molecule has 2 unspecified atom stereocenters. The first kappa shape index (κ1) is 21.7. The quantitative estimate of drug-likeness (QED) is 0.672. The van der Waals surface area contributed by atoms with Crippen molar-refractivity contribution in [3.05, 3.63) is 53.7 Å². The average Bonchev–Trinajstić information content (AvgIpc) is 3.19. The highest BCUT2D eigenvalue weighted by molar-refractivity contribution is 5.92. The molecule has 0 saturated carbocycles. The Bertz CT molecular complexity index is 757. The van der Waals surface area contributed by atoms with Crippen molar-refractivity contribution in [2.24, 2.45) is 0 Å². The van der Waals surface area contributed by atoms with Gasteiger partial charge in [-0.25, -0.2) is 4.98 Å². The number of nitrogens with zero attached hydrogens (tertiary/aromatic N) is 2. The summed E-state index contributed by atoms with van der Waals surface area (Å²) >= 11 is 0. The molecule has 0 aliphatic heterocycles. The normalized spacial score (nSPS) is 13.0. The van der Waals surface area contributed by atoms with E-state index in [0.717, 1.165) is 18.4 Å². The van der Waals surface area contributed by atoms with Gasteiger partial charge in [0.1, 0.15) is 6.26 Å². The zero-order chi connectivity index (χ0) is 20.5. The van der Waals surface area contributed by atoms with Crippen LogP contribution in [0.15, 0.2) is 41.0 Å². The minimum atomic E-state index is -0.255. The molecule has 2 aromatic rings. The Morgan fingerprint density at radius 1 is 1.14 bits per heavy atom. The molecule has 6 heteroatoms. The summed E-state index contributed by atoms with van der Waals surface area (Å²) in [5.41, 5.74) is 1.39. The van der Waals surface area contributed by atoms with Crippen LogP contribution in [0, 0.1) is 0 Å². The standard InChI is InChI=1S/C22H31N3O3/c1-5-16(3)23-22(27)19-15-28-20(24-19)14-25(17(4)6-2)21(26)13-12-18-10-8-7-9-11-18/h7-11,15-17H,5-6,12-14H2,1-4H3,(H,23,27). The molecule has 0 radical (unpaired) electrons. The van der Waals surface area contributed by atoms with E-state index >= 15 is 0 Å². The summed E-state index contributed by atoms with van der Waals surface area (Å²) in [5.74, 6) is 0.180. The highest BCUT2D eigenvalue weighted by Gasteiger charge is 2.22. The molecular formula is C22H31N3O3. The Labute approximate surface area is 167 Å². The van der Waals surface area contributed by atoms with E-state index in [1.807, 2.05) is 58.0 Å². The molecule has 0 aliphatic carbocycles. The highest BCUT2D eigenvalue weighted by atomic mass is 16.3. The average molecular weight is 386 g/mol. The fourth-order valence-corrected chi connectivity index (χ4v) is 2.78. The number of nitrogens with one attached hydrogen (secondary N) is 1. The number of hydrogen-bond acceptors (Lipinski definition) is 4. The topological polar surface area (TPSA) is 75.4 Å². The van der Waals surface area contributed by atoms with Crippen LogP contribution in [0.1, 0.15) is 68.9 Å². The van der Waals surface area contributed by atoms with Crippen molar-refractivity contribution in [2.75, 3.05) is 0 Å². The van der Waals surface area contributed by atoms with E-state index in [1.165, 1.54) is 6.26 Å². The van der Waals surface area contributed by atoms with Crippen molar-refractivity contribution < 1.29 is 14.0 Å². The fraction of sp³-hybridized carbons (Fsp3) is 0.500. The van der Waals surface area contributed by atoms with Crippen LogP contribution in [0.25, 0.3) is 0 Å². The van der Waals surface area contributed by atoms with E-state index in [0.29, 0.717) is 18.7 Å². The van der Waals surface area contributed by atoms with Crippen molar-refractivity contribution in [3.63, 3.8) is 0 Å². The monoisotopic (exact) mass is 385 g/mol. The molecule has 0 spiro atoms. The lowest BCUT2D eigenvalue weighted by atomic mass is 10.1. The molecule has 2 atom stereocenters. The summed E-state index contributed by atoms with van der Waals surface area (Å²) in [4.78, 5) is 31.1. The first-order valence-corrected chi connectivity index (χ1v) is 10.0. The molecule has 0 bridgehead atoms. The van der Waals surface area contributed by atoms with Crippen LogP contribution in [-0.4, -0.2) is 33.8 Å². The van der Waals surface area contributed by atoms with Crippen LogP contribution >= 0.6 is 0 Å². The third kappa shape index (κ3) is 6.22. The lowest BCUT2D eigenvalue weighted by Crippen LogP contribution is -2.38. The molecule has 1 aromatic carbocycles. The van der Waals surface area contributed by atoms with Crippen LogP contribution in [0.5, 0.6) is 0 Å². The summed E-state index contributed by atoms with van der Waals surface area (Å²) in [6.07, 6.45) is 4.15. The Morgan fingerprint density at radius 3 is 2.50 bits per heavy atom. The van der Waals surface area contributed by atoms with Gasteiger partial charge >= 0.3 is 0 Å². The molecule has 0 aliphatic rings. The Kier molecular flexibility index (Phi) is 8.23. The van der Waals surface area contributed by atoms with Crippen LogP contribution in [0.2, 0.25) is 0 Å². The molecule has 1 aromatic heterocycles. The van der Waals surface area contributed by atoms with E-state index in [-0.39, 0.29) is 36.1 Å². The molecule has 28 heavy (non-hydrogen) atoms. The smallest absolute Gasteiger partial charge is 0.273 e. The zero-order valence-electron chi connectivity index (χ0n) is 17.3. The van der Waals surface area contributed by atoms with Gasteiger partial charge in [0.2, 0.25) is 11.8 Å². The van der Waals surface area contributed by atoms with Gasteiger partial charge in [-0.05, 0) is 38.7 Å². The molecule has 1 N–H and O–H groups in total. The second-order valence-corrected chi connectivity index (χ2v) is 7.17. The van der Waals surface area contributed by atoms with E-state index in [2.05, 4.69) is 10.3 Å². The van der Waals surface area contributed by atoms with E-state index in [9.17, 15) is 9.59 Å². The molecule has 6 nitrogen and oxygen atoms in total. The van der Waals surface area contributed by atoms with Crippen molar-refractivity contribution in [2.45, 2.75) is 72.0 Å². The number of aryl methyl sites for hydroxylation is 1. The third-order valence-electron chi connectivity index (χ3n) is 4.99. The molecular weight excluding hydrogens is 354 g/mol. The summed E-state index contributed by atoms with van der Waals surface area (Å²) in [6.45, 7) is 8.26. The predicted molar refractivity (Wildman–Crippen MR) is 109 cm³/mol. The van der Waals surface area contributed by atoms with E-state index in [1.54, 1.807) is 4.90 Å². The van der Waals surface area contributed by atoms with Crippen molar-refractivity contribution in [3.8, 4) is 0 Å². The fourth-order valence-electron chi connectivity index (χ4n) is 2.78. The number of carbonyl (C=O) groups excluding carboxylic acids is 2. The van der Waals surface area contributed by atoms with Gasteiger partial charge in [-0.1, -0.05) is 44.2 Å². The molecule has 2 amide bonds. The lowest BCUT2D eigenvalue weighted by Gasteiger charge is -2.27. The van der Waals surface area contributed by atoms with Crippen molar-refractivity contribution in [1.29, 1.82) is 0 Å². The second-order valence-electron chi connectivity index (χ2n) is 7.17. The van der Waals surface area contributed by atoms with Gasteiger partial charge < -0.3 is 14.6 Å². The maximum atomic E-state index is 12.8. The number of carbonyl (C=O) groups is 2. The summed E-state index contributed by atoms with van der Waals surface area (Å²) in [7, 11) is 0. The minimum Gasteiger partial charge on any atom is -0.446 e. The molecule has 152 valence electrons. The Hall–Kier alpha value is -2.63. The number of benzene rings is 1. The maximum Gasteiger partial charge on any atom is 0.273 e. The number of hydrogen-bond donors (Lipinski definition) is 1. The molecule has 0 saturated heterocycles. The van der Waals surface area contributed by atoms with Gasteiger partial charge in [-0.15, -0.1) is 0 Å². The van der Waals surface area contributed by atoms with Crippen molar-refractivity contribution >= 4 is 11.8 Å². The van der Waals surface area contributed by atoms with Crippen LogP contribution in [-0.2, 0) is 17.8 Å². The number of aromatic nitrogens is 1. The second kappa shape index (κ2) is 10.6. The Morgan fingerprint density at radius 2 is 1.86 bits per heavy atom. The summed E-state index contributed by atoms with van der Waals surface area (Å²) in [6, 6.07) is 10.1. The maximum absolute atomic E-state index is 12.8. The van der Waals surface area contributed by atoms with Gasteiger partial charge in [0, 0.05) is 18.5 Å². The minimum absolute atomic E-state index is 0.0574. The van der Waals surface area contributed by atoms with Crippen LogP contribution in [0.4, 0.5) is 0 Å². The number of amides is 2. The van der Waals surface area contributed by atoms with Crippen LogP contribution < -0.4 is 5.32 Å². The zero-order valence-corrected chi connectivity index (χ0v) is 17.3. The molecule has 0 fully saturated rings. The number of rotatable bonds is 10. The third-order valence-corrected chi connectivity index (χ3v) is 4.99. The predicted octanol–water partition coefficient (Wildman–Crippen LogP) is 3.96. The molecule has 2 rings (SSSR count). The van der Waals surface area contributed by atoms with Crippen molar-refractivity contribution in [1.82, 2.24) is 15.2 Å². The SMILES string of the molecule is CCC(C)NC(=O)c1coc(CN(C(=O)CCc2ccccc2)C(C)CC)n1. The van der Waals surface area contributed by atoms with Gasteiger partial charge in [0.15, 0.2) is 5.69 Å². The van der Waals surface area contributed by atoms with Gasteiger partial charge in [-0.2, -0.15) is 0 Å². The first-order valence-electron chi connectivity index (χ1n) is 10.0. The van der Waals surface area contributed by atoms with E-state index in [4.69, 9.17) is 4.42 Å². The summed E-state index contributed by atoms with van der Waals surface area (Å²) < 4.78 is 5.47. The van der Waals surface area contributed by atoms with Crippen LogP contribution in [0.3, 0.4) is 0 Å². The summed E-state index contributed by atoms with van der Waals surface area (Å²) in [5, 5.41) is 2.87.